The van der Waals surface area contributed by atoms with Crippen LogP contribution in [-0.2, 0) is 0 Å². The third-order valence-electron chi connectivity index (χ3n) is 4.50. The van der Waals surface area contributed by atoms with Crippen LogP contribution in [0.25, 0.3) is 0 Å². The van der Waals surface area contributed by atoms with E-state index in [-0.39, 0.29) is 0 Å². The first-order valence-electron chi connectivity index (χ1n) is 6.96. The van der Waals surface area contributed by atoms with E-state index in [1.165, 1.54) is 38.5 Å². The van der Waals surface area contributed by atoms with Gasteiger partial charge >= 0.3 is 0 Å². The van der Waals surface area contributed by atoms with Crippen molar-refractivity contribution in [2.75, 3.05) is 0 Å². The molecule has 0 spiro atoms. The molecule has 0 radical (unpaired) electrons. The van der Waals surface area contributed by atoms with Crippen LogP contribution in [0.4, 0.5) is 0 Å². The molecule has 0 fully saturated rings. The predicted molar refractivity (Wildman–Crippen MR) is 71.2 cm³/mol. The first-order chi connectivity index (χ1) is 6.96. The van der Waals surface area contributed by atoms with Gasteiger partial charge in [0.25, 0.3) is 0 Å². The molecule has 0 rings (SSSR count). The lowest BCUT2D eigenvalue weighted by Gasteiger charge is -2.38. The first-order valence-corrected chi connectivity index (χ1v) is 6.96. The second-order valence-electron chi connectivity index (χ2n) is 5.91. The third-order valence-corrected chi connectivity index (χ3v) is 4.50. The first kappa shape index (κ1) is 15.0. The van der Waals surface area contributed by atoms with Crippen molar-refractivity contribution in [3.8, 4) is 0 Å². The molecule has 15 heavy (non-hydrogen) atoms. The van der Waals surface area contributed by atoms with Crippen LogP contribution in [0.5, 0.6) is 0 Å². The van der Waals surface area contributed by atoms with Crippen molar-refractivity contribution in [3.63, 3.8) is 0 Å². The molecule has 0 heteroatoms. The summed E-state index contributed by atoms with van der Waals surface area (Å²) in [6, 6.07) is 0. The highest BCUT2D eigenvalue weighted by molar-refractivity contribution is 4.80. The molecule has 0 aromatic rings. The highest BCUT2D eigenvalue weighted by Gasteiger charge is 2.30. The fourth-order valence-corrected chi connectivity index (χ4v) is 2.36. The fraction of sp³-hybridized carbons (Fsp3) is 1.00. The van der Waals surface area contributed by atoms with Gasteiger partial charge in [-0.3, -0.25) is 0 Å². The van der Waals surface area contributed by atoms with Crippen molar-refractivity contribution in [1.29, 1.82) is 0 Å². The smallest absolute Gasteiger partial charge is 0.0303 e. The van der Waals surface area contributed by atoms with E-state index in [0.29, 0.717) is 5.41 Å². The Bertz CT molecular complexity index is 146. The van der Waals surface area contributed by atoms with E-state index < -0.39 is 0 Å². The van der Waals surface area contributed by atoms with Gasteiger partial charge in [-0.05, 0) is 17.3 Å². The van der Waals surface area contributed by atoms with Gasteiger partial charge in [0.2, 0.25) is 0 Å². The summed E-state index contributed by atoms with van der Waals surface area (Å²) in [6.45, 7) is 14.4. The van der Waals surface area contributed by atoms with Crippen LogP contribution in [0, 0.1) is 17.3 Å². The molecule has 0 aliphatic heterocycles. The Balaban J connectivity index is 4.05. The Morgan fingerprint density at radius 1 is 0.800 bits per heavy atom. The summed E-state index contributed by atoms with van der Waals surface area (Å²) >= 11 is 0. The number of unbranched alkanes of at least 4 members (excludes halogenated alkanes) is 2. The molecular weight excluding hydrogens is 180 g/mol. The van der Waals surface area contributed by atoms with Crippen LogP contribution < -0.4 is 0 Å². The largest absolute Gasteiger partial charge is 0.0654 e. The second-order valence-corrected chi connectivity index (χ2v) is 5.91. The van der Waals surface area contributed by atoms with Gasteiger partial charge in [0.1, 0.15) is 0 Å². The van der Waals surface area contributed by atoms with Crippen LogP contribution in [0.2, 0.25) is 0 Å². The Hall–Kier alpha value is 0. The van der Waals surface area contributed by atoms with Crippen LogP contribution >= 0.6 is 0 Å². The maximum atomic E-state index is 2.46. The van der Waals surface area contributed by atoms with Gasteiger partial charge in [-0.1, -0.05) is 80.1 Å². The van der Waals surface area contributed by atoms with Gasteiger partial charge in [-0.2, -0.15) is 0 Å². The average molecular weight is 212 g/mol. The third kappa shape index (κ3) is 5.04. The summed E-state index contributed by atoms with van der Waals surface area (Å²) < 4.78 is 0. The van der Waals surface area contributed by atoms with Crippen LogP contribution in [-0.4, -0.2) is 0 Å². The van der Waals surface area contributed by atoms with Gasteiger partial charge in [-0.25, -0.2) is 0 Å². The Kier molecular flexibility index (Phi) is 7.30. The highest BCUT2D eigenvalue weighted by Crippen LogP contribution is 2.39. The van der Waals surface area contributed by atoms with Gasteiger partial charge in [0.15, 0.2) is 0 Å². The van der Waals surface area contributed by atoms with Crippen molar-refractivity contribution >= 4 is 0 Å². The second kappa shape index (κ2) is 7.30. The number of hydrogen-bond acceptors (Lipinski definition) is 0. The summed E-state index contributed by atoms with van der Waals surface area (Å²) in [6.07, 6.45) is 8.28. The molecule has 0 amide bonds. The van der Waals surface area contributed by atoms with E-state index in [0.717, 1.165) is 11.8 Å². The van der Waals surface area contributed by atoms with Gasteiger partial charge in [0, 0.05) is 0 Å². The molecule has 0 saturated heterocycles. The summed E-state index contributed by atoms with van der Waals surface area (Å²) in [7, 11) is 0. The van der Waals surface area contributed by atoms with Crippen LogP contribution in [0.3, 0.4) is 0 Å². The minimum absolute atomic E-state index is 0.518. The van der Waals surface area contributed by atoms with Crippen LogP contribution in [0.1, 0.15) is 80.1 Å². The Morgan fingerprint density at radius 2 is 1.33 bits per heavy atom. The molecular formula is C15H32. The standard InChI is InChI=1S/C15H32/c1-7-9-10-12-14(4)15(5,6)13(3)11-8-2/h13-14H,7-12H2,1-6H3. The predicted octanol–water partition coefficient (Wildman–Crippen LogP) is 5.67. The van der Waals surface area contributed by atoms with Crippen LogP contribution in [0.15, 0.2) is 0 Å². The summed E-state index contributed by atoms with van der Waals surface area (Å²) in [5.74, 6) is 1.73. The SMILES string of the molecule is CCCCCC(C)C(C)(C)C(C)CCC. The molecule has 92 valence electrons. The van der Waals surface area contributed by atoms with Crippen molar-refractivity contribution in [3.05, 3.63) is 0 Å². The molecule has 0 saturated carbocycles. The normalized spacial score (nSPS) is 16.4. The zero-order chi connectivity index (χ0) is 11.9. The van der Waals surface area contributed by atoms with Crippen molar-refractivity contribution < 1.29 is 0 Å². The van der Waals surface area contributed by atoms with E-state index in [4.69, 9.17) is 0 Å². The summed E-state index contributed by atoms with van der Waals surface area (Å²) in [5.41, 5.74) is 0.518. The van der Waals surface area contributed by atoms with Gasteiger partial charge < -0.3 is 0 Å². The summed E-state index contributed by atoms with van der Waals surface area (Å²) in [4.78, 5) is 0. The maximum absolute atomic E-state index is 2.46. The van der Waals surface area contributed by atoms with Gasteiger partial charge in [0.05, 0.1) is 0 Å². The van der Waals surface area contributed by atoms with E-state index in [1.807, 2.05) is 0 Å². The quantitative estimate of drug-likeness (QED) is 0.455. The Labute approximate surface area is 97.8 Å². The summed E-state index contributed by atoms with van der Waals surface area (Å²) in [5, 5.41) is 0. The minimum Gasteiger partial charge on any atom is -0.0654 e. The fourth-order valence-electron chi connectivity index (χ4n) is 2.36. The van der Waals surface area contributed by atoms with Crippen molar-refractivity contribution in [2.45, 2.75) is 80.1 Å². The molecule has 0 aromatic heterocycles. The van der Waals surface area contributed by atoms with Crippen molar-refractivity contribution in [2.24, 2.45) is 17.3 Å². The lowest BCUT2D eigenvalue weighted by molar-refractivity contribution is 0.121. The molecule has 2 atom stereocenters. The van der Waals surface area contributed by atoms with Gasteiger partial charge in [-0.15, -0.1) is 0 Å². The lowest BCUT2D eigenvalue weighted by atomic mass is 9.68. The highest BCUT2D eigenvalue weighted by atomic mass is 14.4. The molecule has 0 aliphatic carbocycles. The van der Waals surface area contributed by atoms with E-state index in [2.05, 4.69) is 41.5 Å². The van der Waals surface area contributed by atoms with Crippen molar-refractivity contribution in [1.82, 2.24) is 0 Å². The average Bonchev–Trinajstić information content (AvgIpc) is 2.18. The monoisotopic (exact) mass is 212 g/mol. The molecule has 0 heterocycles. The molecule has 0 bridgehead atoms. The topological polar surface area (TPSA) is 0 Å². The Morgan fingerprint density at radius 3 is 1.80 bits per heavy atom. The zero-order valence-corrected chi connectivity index (χ0v) is 11.9. The number of rotatable bonds is 8. The molecule has 2 unspecified atom stereocenters. The van der Waals surface area contributed by atoms with E-state index >= 15 is 0 Å². The zero-order valence-electron chi connectivity index (χ0n) is 11.9. The molecule has 0 N–H and O–H groups in total. The molecule has 0 aromatic carbocycles. The maximum Gasteiger partial charge on any atom is -0.0303 e. The van der Waals surface area contributed by atoms with E-state index in [1.54, 1.807) is 0 Å². The molecule has 0 aliphatic rings. The van der Waals surface area contributed by atoms with E-state index in [9.17, 15) is 0 Å². The minimum atomic E-state index is 0.518. The lowest BCUT2D eigenvalue weighted by Crippen LogP contribution is -2.29. The molecule has 0 nitrogen and oxygen atoms in total. The number of hydrogen-bond donors (Lipinski definition) is 0.